The zero-order chi connectivity index (χ0) is 29.0. The molecule has 1 aromatic heterocycles. The molecule has 5 rings (SSSR count). The van der Waals surface area contributed by atoms with Crippen LogP contribution in [0.4, 0.5) is 5.69 Å². The van der Waals surface area contributed by atoms with Gasteiger partial charge < -0.3 is 34.7 Å². The number of hydrogen-bond donors (Lipinski definition) is 2. The van der Waals surface area contributed by atoms with Crippen molar-refractivity contribution in [1.29, 1.82) is 0 Å². The molecule has 1 atom stereocenters. The van der Waals surface area contributed by atoms with Gasteiger partial charge in [0, 0.05) is 37.9 Å². The summed E-state index contributed by atoms with van der Waals surface area (Å²) < 4.78 is 17.3. The monoisotopic (exact) mass is 600 g/mol. The Bertz CT molecular complexity index is 1380. The van der Waals surface area contributed by atoms with Gasteiger partial charge in [-0.1, -0.05) is 35.3 Å². The van der Waals surface area contributed by atoms with Crippen molar-refractivity contribution in [2.24, 2.45) is 5.73 Å². The van der Waals surface area contributed by atoms with Crippen LogP contribution < -0.4 is 15.8 Å². The van der Waals surface area contributed by atoms with E-state index in [2.05, 4.69) is 10.2 Å². The topological polar surface area (TPSA) is 110 Å². The number of amides is 2. The lowest BCUT2D eigenvalue weighted by molar-refractivity contribution is -0.124. The molecule has 9 nitrogen and oxygen atoms in total. The van der Waals surface area contributed by atoms with Crippen LogP contribution >= 0.6 is 23.2 Å². The Kier molecular flexibility index (Phi) is 8.79. The van der Waals surface area contributed by atoms with E-state index in [-0.39, 0.29) is 11.8 Å². The van der Waals surface area contributed by atoms with E-state index in [1.54, 1.807) is 30.2 Å². The maximum absolute atomic E-state index is 13.0. The third-order valence-electron chi connectivity index (χ3n) is 8.12. The number of piperidine rings is 1. The highest BCUT2D eigenvalue weighted by atomic mass is 35.5. The highest BCUT2D eigenvalue weighted by Crippen LogP contribution is 2.39. The molecule has 2 amide bonds. The molecule has 11 heteroatoms. The molecule has 2 aromatic carbocycles. The minimum Gasteiger partial charge on any atom is -0.497 e. The molecular weight excluding hydrogens is 567 g/mol. The van der Waals surface area contributed by atoms with E-state index >= 15 is 0 Å². The SMILES string of the molecule is COc1cccc(NC2(C(N)=O)CCN(CCOC3(c4ccc(Cl)c(Cl)c4)CCN(C(=O)c4ccco4)C3)CC2)c1. The quantitative estimate of drug-likeness (QED) is 0.344. The van der Waals surface area contributed by atoms with E-state index in [4.69, 9.17) is 42.8 Å². The molecule has 0 aliphatic carbocycles. The summed E-state index contributed by atoms with van der Waals surface area (Å²) >= 11 is 12.6. The predicted molar refractivity (Wildman–Crippen MR) is 158 cm³/mol. The molecule has 2 aliphatic rings. The number of benzene rings is 2. The Morgan fingerprint density at radius 1 is 1.02 bits per heavy atom. The zero-order valence-electron chi connectivity index (χ0n) is 22.9. The molecule has 218 valence electrons. The van der Waals surface area contributed by atoms with E-state index < -0.39 is 11.1 Å². The van der Waals surface area contributed by atoms with Crippen LogP contribution in [0, 0.1) is 0 Å². The minimum atomic E-state index is -0.844. The van der Waals surface area contributed by atoms with Gasteiger partial charge in [-0.15, -0.1) is 0 Å². The molecule has 0 bridgehead atoms. The number of primary amides is 1. The van der Waals surface area contributed by atoms with Gasteiger partial charge >= 0.3 is 0 Å². The van der Waals surface area contributed by atoms with E-state index in [9.17, 15) is 9.59 Å². The Morgan fingerprint density at radius 2 is 1.83 bits per heavy atom. The molecular formula is C30H34Cl2N4O5. The number of carbonyl (C=O) groups is 2. The Labute approximate surface area is 249 Å². The highest BCUT2D eigenvalue weighted by Gasteiger charge is 2.44. The van der Waals surface area contributed by atoms with Crippen LogP contribution in [0.15, 0.2) is 65.3 Å². The van der Waals surface area contributed by atoms with Crippen LogP contribution in [-0.4, -0.2) is 73.6 Å². The van der Waals surface area contributed by atoms with Gasteiger partial charge in [-0.3, -0.25) is 9.59 Å². The standard InChI is InChI=1S/C30H34Cl2N4O5/c1-39-23-5-2-4-22(19-23)34-29(28(33)38)9-12-35(13-10-29)15-17-41-30(21-7-8-24(31)25(32)18-21)11-14-36(20-30)27(37)26-6-3-16-40-26/h2-8,16,18-19,34H,9-15,17,20H2,1H3,(H2,33,38). The summed E-state index contributed by atoms with van der Waals surface area (Å²) in [6.45, 7) is 3.30. The average molecular weight is 602 g/mol. The van der Waals surface area contributed by atoms with Crippen molar-refractivity contribution in [2.75, 3.05) is 51.8 Å². The molecule has 3 N–H and O–H groups in total. The fraction of sp³-hybridized carbons (Fsp3) is 0.400. The van der Waals surface area contributed by atoms with Crippen LogP contribution in [-0.2, 0) is 15.1 Å². The summed E-state index contributed by atoms with van der Waals surface area (Å²) in [6.07, 6.45) is 3.21. The van der Waals surface area contributed by atoms with Gasteiger partial charge in [0.15, 0.2) is 5.76 Å². The second kappa shape index (κ2) is 12.3. The molecule has 2 aliphatic heterocycles. The fourth-order valence-electron chi connectivity index (χ4n) is 5.67. The second-order valence-corrected chi connectivity index (χ2v) is 11.4. The molecule has 1 unspecified atom stereocenters. The number of halogens is 2. The summed E-state index contributed by atoms with van der Waals surface area (Å²) in [4.78, 5) is 29.6. The molecule has 3 aromatic rings. The number of furan rings is 1. The summed E-state index contributed by atoms with van der Waals surface area (Å²) in [7, 11) is 1.61. The summed E-state index contributed by atoms with van der Waals surface area (Å²) in [5.41, 5.74) is 5.97. The maximum atomic E-state index is 13.0. The first-order valence-corrected chi connectivity index (χ1v) is 14.4. The molecule has 3 heterocycles. The third kappa shape index (κ3) is 6.33. The van der Waals surface area contributed by atoms with Crippen molar-refractivity contribution in [2.45, 2.75) is 30.4 Å². The summed E-state index contributed by atoms with van der Waals surface area (Å²) in [6, 6.07) is 16.3. The van der Waals surface area contributed by atoms with Gasteiger partial charge in [-0.05, 0) is 61.2 Å². The lowest BCUT2D eigenvalue weighted by atomic mass is 9.86. The maximum Gasteiger partial charge on any atom is 0.289 e. The summed E-state index contributed by atoms with van der Waals surface area (Å²) in [5, 5.41) is 4.27. The van der Waals surface area contributed by atoms with Crippen molar-refractivity contribution in [3.63, 3.8) is 0 Å². The zero-order valence-corrected chi connectivity index (χ0v) is 24.4. The van der Waals surface area contributed by atoms with Crippen LogP contribution in [0.1, 0.15) is 35.4 Å². The number of carbonyl (C=O) groups excluding carboxylic acids is 2. The molecule has 0 saturated carbocycles. The number of nitrogens with two attached hydrogens (primary N) is 1. The lowest BCUT2D eigenvalue weighted by Crippen LogP contribution is -2.57. The lowest BCUT2D eigenvalue weighted by Gasteiger charge is -2.41. The van der Waals surface area contributed by atoms with Gasteiger partial charge in [-0.25, -0.2) is 0 Å². The van der Waals surface area contributed by atoms with Gasteiger partial charge in [0.05, 0.1) is 36.6 Å². The largest absolute Gasteiger partial charge is 0.497 e. The number of rotatable bonds is 10. The molecule has 41 heavy (non-hydrogen) atoms. The molecule has 2 fully saturated rings. The van der Waals surface area contributed by atoms with Gasteiger partial charge in [0.1, 0.15) is 16.9 Å². The molecule has 2 saturated heterocycles. The van der Waals surface area contributed by atoms with E-state index in [1.807, 2.05) is 36.4 Å². The minimum absolute atomic E-state index is 0.178. The first kappa shape index (κ1) is 29.3. The van der Waals surface area contributed by atoms with Crippen molar-refractivity contribution < 1.29 is 23.5 Å². The van der Waals surface area contributed by atoms with E-state index in [1.165, 1.54) is 6.26 Å². The number of ether oxygens (including phenoxy) is 2. The number of likely N-dealkylation sites (tertiary alicyclic amines) is 2. The van der Waals surface area contributed by atoms with Crippen molar-refractivity contribution in [3.05, 3.63) is 82.2 Å². The number of hydrogen-bond acceptors (Lipinski definition) is 7. The van der Waals surface area contributed by atoms with Crippen molar-refractivity contribution >= 4 is 40.7 Å². The number of anilines is 1. The van der Waals surface area contributed by atoms with E-state index in [0.717, 1.165) is 11.3 Å². The van der Waals surface area contributed by atoms with Crippen LogP contribution in [0.3, 0.4) is 0 Å². The number of nitrogens with one attached hydrogen (secondary N) is 1. The van der Waals surface area contributed by atoms with Crippen molar-refractivity contribution in [3.8, 4) is 5.75 Å². The first-order valence-electron chi connectivity index (χ1n) is 13.6. The van der Waals surface area contributed by atoms with Crippen LogP contribution in [0.2, 0.25) is 10.0 Å². The first-order chi connectivity index (χ1) is 19.7. The smallest absolute Gasteiger partial charge is 0.289 e. The fourth-order valence-corrected chi connectivity index (χ4v) is 5.96. The summed E-state index contributed by atoms with van der Waals surface area (Å²) in [5.74, 6) is 0.449. The van der Waals surface area contributed by atoms with Crippen LogP contribution in [0.5, 0.6) is 5.75 Å². The van der Waals surface area contributed by atoms with Gasteiger partial charge in [0.25, 0.3) is 5.91 Å². The van der Waals surface area contributed by atoms with Crippen LogP contribution in [0.25, 0.3) is 0 Å². The Balaban J connectivity index is 1.23. The van der Waals surface area contributed by atoms with Gasteiger partial charge in [-0.2, -0.15) is 0 Å². The van der Waals surface area contributed by atoms with E-state index in [0.29, 0.717) is 80.1 Å². The van der Waals surface area contributed by atoms with Crippen molar-refractivity contribution in [1.82, 2.24) is 9.80 Å². The van der Waals surface area contributed by atoms with Gasteiger partial charge in [0.2, 0.25) is 5.91 Å². The Morgan fingerprint density at radius 3 is 2.51 bits per heavy atom. The molecule has 0 spiro atoms. The second-order valence-electron chi connectivity index (χ2n) is 10.6. The average Bonchev–Trinajstić information content (AvgIpc) is 3.67. The molecule has 0 radical (unpaired) electrons. The number of nitrogens with zero attached hydrogens (tertiary/aromatic N) is 2. The Hall–Kier alpha value is -3.24. The normalized spacial score (nSPS) is 20.6. The number of methoxy groups -OCH3 is 1. The third-order valence-corrected chi connectivity index (χ3v) is 8.86. The highest BCUT2D eigenvalue weighted by molar-refractivity contribution is 6.42. The predicted octanol–water partition coefficient (Wildman–Crippen LogP) is 4.79.